The molecule has 160 valence electrons. The summed E-state index contributed by atoms with van der Waals surface area (Å²) in [7, 11) is 3.57. The van der Waals surface area contributed by atoms with Crippen molar-refractivity contribution in [3.63, 3.8) is 0 Å². The second kappa shape index (κ2) is 8.88. The van der Waals surface area contributed by atoms with E-state index in [2.05, 4.69) is 37.1 Å². The summed E-state index contributed by atoms with van der Waals surface area (Å²) < 4.78 is 5.17. The van der Waals surface area contributed by atoms with Crippen LogP contribution in [-0.2, 0) is 16.0 Å². The van der Waals surface area contributed by atoms with Crippen molar-refractivity contribution in [3.8, 4) is 22.6 Å². The minimum Gasteiger partial charge on any atom is -0.469 e. The smallest absolute Gasteiger partial charge is 0.313 e. The normalized spacial score (nSPS) is 13.7. The first kappa shape index (κ1) is 21.0. The summed E-state index contributed by atoms with van der Waals surface area (Å²) in [6.45, 7) is 5.07. The standard InChI is InChI=1S/C26H29N3O2/c1-5-9-21(26(30)31-4)23-17(2)27-25(18-10-7-6-8-11-18)28-24(23)20-12-13-22-19(16-20)14-15-29(22)3/h6-8,10-13,16,21H,5,9,14-15H2,1-4H3. The van der Waals surface area contributed by atoms with E-state index in [1.807, 2.05) is 37.3 Å². The Hall–Kier alpha value is -3.21. The van der Waals surface area contributed by atoms with Crippen LogP contribution in [0.25, 0.3) is 22.6 Å². The van der Waals surface area contributed by atoms with Gasteiger partial charge < -0.3 is 9.64 Å². The number of nitrogens with zero attached hydrogens (tertiary/aromatic N) is 3. The Bertz CT molecular complexity index is 1100. The van der Waals surface area contributed by atoms with Crippen LogP contribution in [0.1, 0.15) is 42.5 Å². The number of esters is 1. The predicted molar refractivity (Wildman–Crippen MR) is 124 cm³/mol. The molecule has 1 aliphatic heterocycles. The molecule has 0 spiro atoms. The zero-order valence-corrected chi connectivity index (χ0v) is 18.7. The molecule has 1 unspecified atom stereocenters. The fourth-order valence-corrected chi connectivity index (χ4v) is 4.46. The maximum absolute atomic E-state index is 12.7. The van der Waals surface area contributed by atoms with E-state index in [0.717, 1.165) is 47.5 Å². The molecule has 0 saturated carbocycles. The molecule has 0 radical (unpaired) electrons. The lowest BCUT2D eigenvalue weighted by Gasteiger charge is -2.21. The number of aryl methyl sites for hydroxylation is 1. The zero-order chi connectivity index (χ0) is 22.0. The van der Waals surface area contributed by atoms with Crippen molar-refractivity contribution in [1.29, 1.82) is 0 Å². The van der Waals surface area contributed by atoms with Crippen LogP contribution in [0.2, 0.25) is 0 Å². The Morgan fingerprint density at radius 2 is 1.90 bits per heavy atom. The fourth-order valence-electron chi connectivity index (χ4n) is 4.46. The Labute approximate surface area is 184 Å². The number of carbonyl (C=O) groups is 1. The van der Waals surface area contributed by atoms with Crippen LogP contribution in [-0.4, -0.2) is 36.6 Å². The molecule has 2 aromatic carbocycles. The Morgan fingerprint density at radius 1 is 1.13 bits per heavy atom. The largest absolute Gasteiger partial charge is 0.469 e. The average molecular weight is 416 g/mol. The molecule has 0 bridgehead atoms. The quantitative estimate of drug-likeness (QED) is 0.520. The van der Waals surface area contributed by atoms with Gasteiger partial charge in [0.25, 0.3) is 0 Å². The third-order valence-corrected chi connectivity index (χ3v) is 6.06. The van der Waals surface area contributed by atoms with Crippen LogP contribution in [0.4, 0.5) is 5.69 Å². The lowest BCUT2D eigenvalue weighted by molar-refractivity contribution is -0.142. The number of likely N-dealkylation sites (N-methyl/N-ethyl adjacent to an activating group) is 1. The molecule has 1 aliphatic rings. The van der Waals surface area contributed by atoms with E-state index in [0.29, 0.717) is 12.2 Å². The molecule has 1 aromatic heterocycles. The van der Waals surface area contributed by atoms with Crippen molar-refractivity contribution >= 4 is 11.7 Å². The number of hydrogen-bond acceptors (Lipinski definition) is 5. The van der Waals surface area contributed by atoms with E-state index >= 15 is 0 Å². The van der Waals surface area contributed by atoms with Gasteiger partial charge in [-0.15, -0.1) is 0 Å². The van der Waals surface area contributed by atoms with Gasteiger partial charge in [-0.25, -0.2) is 9.97 Å². The van der Waals surface area contributed by atoms with Crippen molar-refractivity contribution in [1.82, 2.24) is 9.97 Å². The van der Waals surface area contributed by atoms with Crippen molar-refractivity contribution in [3.05, 3.63) is 65.4 Å². The highest BCUT2D eigenvalue weighted by Gasteiger charge is 2.29. The molecule has 0 N–H and O–H groups in total. The molecule has 3 aromatic rings. The monoisotopic (exact) mass is 415 g/mol. The van der Waals surface area contributed by atoms with Gasteiger partial charge in [-0.2, -0.15) is 0 Å². The summed E-state index contributed by atoms with van der Waals surface area (Å²) in [6.07, 6.45) is 2.58. The molecule has 0 fully saturated rings. The van der Waals surface area contributed by atoms with E-state index in [9.17, 15) is 4.79 Å². The summed E-state index contributed by atoms with van der Waals surface area (Å²) >= 11 is 0. The van der Waals surface area contributed by atoms with Gasteiger partial charge >= 0.3 is 5.97 Å². The second-order valence-electron chi connectivity index (χ2n) is 8.14. The number of benzene rings is 2. The van der Waals surface area contributed by atoms with E-state index in [1.165, 1.54) is 18.4 Å². The minimum absolute atomic E-state index is 0.233. The Kier molecular flexibility index (Phi) is 6.03. The molecule has 1 atom stereocenters. The van der Waals surface area contributed by atoms with Gasteiger partial charge in [0.2, 0.25) is 0 Å². The van der Waals surface area contributed by atoms with Crippen LogP contribution in [0.5, 0.6) is 0 Å². The summed E-state index contributed by atoms with van der Waals surface area (Å²) in [6, 6.07) is 16.5. The molecule has 0 saturated heterocycles. The molecule has 0 aliphatic carbocycles. The number of anilines is 1. The van der Waals surface area contributed by atoms with E-state index in [4.69, 9.17) is 14.7 Å². The number of aromatic nitrogens is 2. The summed E-state index contributed by atoms with van der Waals surface area (Å²) in [5, 5.41) is 0. The molecule has 0 amide bonds. The van der Waals surface area contributed by atoms with E-state index in [1.54, 1.807) is 0 Å². The van der Waals surface area contributed by atoms with E-state index in [-0.39, 0.29) is 11.9 Å². The second-order valence-corrected chi connectivity index (χ2v) is 8.14. The maximum atomic E-state index is 12.7. The number of hydrogen-bond donors (Lipinski definition) is 0. The van der Waals surface area contributed by atoms with Gasteiger partial charge in [0.15, 0.2) is 5.82 Å². The highest BCUT2D eigenvalue weighted by atomic mass is 16.5. The van der Waals surface area contributed by atoms with Crippen molar-refractivity contribution < 1.29 is 9.53 Å². The molecule has 5 nitrogen and oxygen atoms in total. The van der Waals surface area contributed by atoms with Gasteiger partial charge in [-0.3, -0.25) is 4.79 Å². The highest BCUT2D eigenvalue weighted by Crippen LogP contribution is 2.37. The first-order chi connectivity index (χ1) is 15.0. The molecule has 4 rings (SSSR count). The first-order valence-corrected chi connectivity index (χ1v) is 10.9. The lowest BCUT2D eigenvalue weighted by Crippen LogP contribution is -2.18. The minimum atomic E-state index is -0.384. The Balaban J connectivity index is 1.93. The van der Waals surface area contributed by atoms with Gasteiger partial charge in [-0.1, -0.05) is 49.7 Å². The summed E-state index contributed by atoms with van der Waals surface area (Å²) in [5.74, 6) is 0.0588. The predicted octanol–water partition coefficient (Wildman–Crippen LogP) is 5.17. The number of methoxy groups -OCH3 is 1. The summed E-state index contributed by atoms with van der Waals surface area (Å²) in [4.78, 5) is 24.8. The Morgan fingerprint density at radius 3 is 2.61 bits per heavy atom. The molecule has 5 heteroatoms. The molecular weight excluding hydrogens is 386 g/mol. The van der Waals surface area contributed by atoms with Crippen LogP contribution in [0.15, 0.2) is 48.5 Å². The van der Waals surface area contributed by atoms with Gasteiger partial charge in [-0.05, 0) is 37.5 Å². The van der Waals surface area contributed by atoms with Crippen molar-refractivity contribution in [2.24, 2.45) is 0 Å². The van der Waals surface area contributed by atoms with Gasteiger partial charge in [0.05, 0.1) is 18.7 Å². The summed E-state index contributed by atoms with van der Waals surface area (Å²) in [5.41, 5.74) is 7.09. The van der Waals surface area contributed by atoms with Crippen LogP contribution >= 0.6 is 0 Å². The maximum Gasteiger partial charge on any atom is 0.313 e. The highest BCUT2D eigenvalue weighted by molar-refractivity contribution is 5.83. The topological polar surface area (TPSA) is 55.3 Å². The third-order valence-electron chi connectivity index (χ3n) is 6.06. The molecular formula is C26H29N3O2. The first-order valence-electron chi connectivity index (χ1n) is 10.9. The number of ether oxygens (including phenoxy) is 1. The van der Waals surface area contributed by atoms with Crippen LogP contribution in [0.3, 0.4) is 0 Å². The van der Waals surface area contributed by atoms with Crippen LogP contribution in [0, 0.1) is 6.92 Å². The average Bonchev–Trinajstić information content (AvgIpc) is 3.17. The number of rotatable bonds is 6. The van der Waals surface area contributed by atoms with E-state index < -0.39 is 0 Å². The number of carbonyl (C=O) groups excluding carboxylic acids is 1. The fraction of sp³-hybridized carbons (Fsp3) is 0.346. The number of fused-ring (bicyclic) bond motifs is 1. The van der Waals surface area contributed by atoms with Crippen molar-refractivity contribution in [2.45, 2.75) is 39.0 Å². The lowest BCUT2D eigenvalue weighted by atomic mass is 9.89. The third kappa shape index (κ3) is 4.05. The molecule has 31 heavy (non-hydrogen) atoms. The van der Waals surface area contributed by atoms with Gasteiger partial charge in [0, 0.05) is 41.7 Å². The van der Waals surface area contributed by atoms with Crippen molar-refractivity contribution in [2.75, 3.05) is 25.6 Å². The zero-order valence-electron chi connectivity index (χ0n) is 18.7. The molecule has 2 heterocycles. The van der Waals surface area contributed by atoms with Gasteiger partial charge in [0.1, 0.15) is 0 Å². The SMILES string of the molecule is CCCC(C(=O)OC)c1c(C)nc(-c2ccccc2)nc1-c1ccc2c(c1)CCN2C. The van der Waals surface area contributed by atoms with Crippen LogP contribution < -0.4 is 4.90 Å².